The number of hydrogen-bond acceptors (Lipinski definition) is 3. The molecule has 4 heteroatoms. The van der Waals surface area contributed by atoms with E-state index in [1.54, 1.807) is 6.07 Å². The largest absolute Gasteiger partial charge is 0.507 e. The maximum absolute atomic E-state index is 13.0. The molecule has 142 valence electrons. The van der Waals surface area contributed by atoms with Crippen LogP contribution in [0.3, 0.4) is 0 Å². The van der Waals surface area contributed by atoms with Gasteiger partial charge in [0.25, 0.3) is 5.91 Å². The van der Waals surface area contributed by atoms with Gasteiger partial charge in [-0.2, -0.15) is 5.10 Å². The number of benzene rings is 4. The zero-order valence-electron chi connectivity index (χ0n) is 15.7. The van der Waals surface area contributed by atoms with Gasteiger partial charge in [0.1, 0.15) is 5.75 Å². The number of phenolic OH excluding ortho intramolecular Hbond substituents is 1. The second-order valence-electron chi connectivity index (χ2n) is 6.71. The van der Waals surface area contributed by atoms with Gasteiger partial charge in [0.05, 0.1) is 12.1 Å². The first-order valence-electron chi connectivity index (χ1n) is 9.37. The average molecular weight is 380 g/mol. The number of carbonyl (C=O) groups excluding carboxylic acids is 1. The number of amides is 1. The van der Waals surface area contributed by atoms with Crippen molar-refractivity contribution in [3.05, 3.63) is 114 Å². The van der Waals surface area contributed by atoms with Crippen LogP contribution in [-0.2, 0) is 4.79 Å². The fourth-order valence-corrected chi connectivity index (χ4v) is 3.43. The van der Waals surface area contributed by atoms with Gasteiger partial charge < -0.3 is 5.11 Å². The highest BCUT2D eigenvalue weighted by molar-refractivity contribution is 6.02. The Morgan fingerprint density at radius 3 is 2.03 bits per heavy atom. The van der Waals surface area contributed by atoms with E-state index in [0.29, 0.717) is 5.56 Å². The predicted molar refractivity (Wildman–Crippen MR) is 116 cm³/mol. The van der Waals surface area contributed by atoms with E-state index in [0.717, 1.165) is 21.9 Å². The van der Waals surface area contributed by atoms with Crippen molar-refractivity contribution >= 4 is 22.9 Å². The van der Waals surface area contributed by atoms with Crippen LogP contribution in [0.5, 0.6) is 5.75 Å². The first-order valence-corrected chi connectivity index (χ1v) is 9.37. The van der Waals surface area contributed by atoms with Crippen LogP contribution in [0.25, 0.3) is 10.8 Å². The highest BCUT2D eigenvalue weighted by Crippen LogP contribution is 2.26. The van der Waals surface area contributed by atoms with Gasteiger partial charge in [-0.25, -0.2) is 5.43 Å². The summed E-state index contributed by atoms with van der Waals surface area (Å²) in [6, 6.07) is 30.4. The minimum absolute atomic E-state index is 0.115. The number of hydrazone groups is 1. The minimum atomic E-state index is -0.476. The number of aromatic hydroxyl groups is 1. The van der Waals surface area contributed by atoms with Crippen LogP contribution in [-0.4, -0.2) is 17.2 Å². The van der Waals surface area contributed by atoms with Crippen molar-refractivity contribution in [3.8, 4) is 5.75 Å². The molecule has 0 bridgehead atoms. The minimum Gasteiger partial charge on any atom is -0.507 e. The molecule has 4 aromatic carbocycles. The Bertz CT molecular complexity index is 1120. The molecular weight excluding hydrogens is 360 g/mol. The number of carbonyl (C=O) groups is 1. The number of hydrogen-bond donors (Lipinski definition) is 2. The fourth-order valence-electron chi connectivity index (χ4n) is 3.43. The molecule has 0 saturated carbocycles. The summed E-state index contributed by atoms with van der Waals surface area (Å²) >= 11 is 0. The summed E-state index contributed by atoms with van der Waals surface area (Å²) in [6.07, 6.45) is 1.49. The Morgan fingerprint density at radius 1 is 0.793 bits per heavy atom. The quantitative estimate of drug-likeness (QED) is 0.385. The number of rotatable bonds is 5. The van der Waals surface area contributed by atoms with E-state index >= 15 is 0 Å². The molecule has 0 heterocycles. The molecular formula is C25H20N2O2. The zero-order chi connectivity index (χ0) is 20.1. The maximum atomic E-state index is 13.0. The molecule has 29 heavy (non-hydrogen) atoms. The van der Waals surface area contributed by atoms with Gasteiger partial charge in [0.15, 0.2) is 0 Å². The topological polar surface area (TPSA) is 61.7 Å². The van der Waals surface area contributed by atoms with E-state index in [1.807, 2.05) is 91.0 Å². The Kier molecular flexibility index (Phi) is 5.34. The third-order valence-electron chi connectivity index (χ3n) is 4.84. The SMILES string of the molecule is O=C(N/N=C/c1c(O)ccc2ccccc12)C(c1ccccc1)c1ccccc1. The molecule has 0 aliphatic heterocycles. The Labute approximate surface area is 169 Å². The summed E-state index contributed by atoms with van der Waals surface area (Å²) < 4.78 is 0. The van der Waals surface area contributed by atoms with Crippen molar-refractivity contribution in [1.82, 2.24) is 5.43 Å². The molecule has 2 N–H and O–H groups in total. The molecule has 0 unspecified atom stereocenters. The molecule has 0 radical (unpaired) electrons. The summed E-state index contributed by atoms with van der Waals surface area (Å²) in [4.78, 5) is 13.0. The van der Waals surface area contributed by atoms with Crippen molar-refractivity contribution in [3.63, 3.8) is 0 Å². The first-order chi connectivity index (χ1) is 14.2. The van der Waals surface area contributed by atoms with Gasteiger partial charge in [0.2, 0.25) is 0 Å². The smallest absolute Gasteiger partial charge is 0.252 e. The molecule has 1 amide bonds. The van der Waals surface area contributed by atoms with E-state index in [-0.39, 0.29) is 11.7 Å². The van der Waals surface area contributed by atoms with E-state index < -0.39 is 5.92 Å². The predicted octanol–water partition coefficient (Wildman–Crippen LogP) is 4.83. The van der Waals surface area contributed by atoms with Crippen molar-refractivity contribution in [2.45, 2.75) is 5.92 Å². The first kappa shape index (κ1) is 18.4. The van der Waals surface area contributed by atoms with Crippen molar-refractivity contribution in [2.24, 2.45) is 5.10 Å². The average Bonchev–Trinajstić information content (AvgIpc) is 2.77. The number of nitrogens with zero attached hydrogens (tertiary/aromatic N) is 1. The summed E-state index contributed by atoms with van der Waals surface area (Å²) in [5.74, 6) is -0.599. The number of phenols is 1. The monoisotopic (exact) mass is 380 g/mol. The van der Waals surface area contributed by atoms with Crippen molar-refractivity contribution in [1.29, 1.82) is 0 Å². The zero-order valence-corrected chi connectivity index (χ0v) is 15.7. The normalized spacial score (nSPS) is 11.2. The Morgan fingerprint density at radius 2 is 1.38 bits per heavy atom. The van der Waals surface area contributed by atoms with E-state index in [1.165, 1.54) is 6.21 Å². The second-order valence-corrected chi connectivity index (χ2v) is 6.71. The van der Waals surface area contributed by atoms with Crippen molar-refractivity contribution < 1.29 is 9.90 Å². The van der Waals surface area contributed by atoms with E-state index in [9.17, 15) is 9.90 Å². The fraction of sp³-hybridized carbons (Fsp3) is 0.0400. The van der Waals surface area contributed by atoms with Gasteiger partial charge in [-0.3, -0.25) is 4.79 Å². The summed E-state index contributed by atoms with van der Waals surface area (Å²) in [5.41, 5.74) is 4.99. The van der Waals surface area contributed by atoms with Crippen LogP contribution in [0.1, 0.15) is 22.6 Å². The van der Waals surface area contributed by atoms with Crippen LogP contribution >= 0.6 is 0 Å². The Balaban J connectivity index is 1.62. The lowest BCUT2D eigenvalue weighted by Crippen LogP contribution is -2.26. The third-order valence-corrected chi connectivity index (χ3v) is 4.84. The molecule has 0 atom stereocenters. The summed E-state index contributed by atoms with van der Waals surface area (Å²) in [6.45, 7) is 0. The lowest BCUT2D eigenvalue weighted by atomic mass is 9.91. The van der Waals surface area contributed by atoms with Gasteiger partial charge in [-0.1, -0.05) is 91.0 Å². The van der Waals surface area contributed by atoms with E-state index in [2.05, 4.69) is 10.5 Å². The van der Waals surface area contributed by atoms with Gasteiger partial charge in [-0.05, 0) is 28.0 Å². The van der Waals surface area contributed by atoms with Crippen LogP contribution in [0.2, 0.25) is 0 Å². The number of fused-ring (bicyclic) bond motifs is 1. The van der Waals surface area contributed by atoms with Crippen LogP contribution in [0.4, 0.5) is 0 Å². The highest BCUT2D eigenvalue weighted by Gasteiger charge is 2.22. The van der Waals surface area contributed by atoms with Crippen LogP contribution in [0.15, 0.2) is 102 Å². The lowest BCUT2D eigenvalue weighted by Gasteiger charge is -2.16. The molecule has 0 aromatic heterocycles. The second kappa shape index (κ2) is 8.40. The Hall–Kier alpha value is -3.92. The van der Waals surface area contributed by atoms with Crippen molar-refractivity contribution in [2.75, 3.05) is 0 Å². The van der Waals surface area contributed by atoms with Gasteiger partial charge >= 0.3 is 0 Å². The summed E-state index contributed by atoms with van der Waals surface area (Å²) in [7, 11) is 0. The standard InChI is InChI=1S/C25H20N2O2/c28-23-16-15-18-9-7-8-14-21(18)22(23)17-26-27-25(29)24(19-10-3-1-4-11-19)20-12-5-2-6-13-20/h1-17,24,28H,(H,27,29)/b26-17+. The van der Waals surface area contributed by atoms with Crippen LogP contribution in [0, 0.1) is 0 Å². The molecule has 0 fully saturated rings. The summed E-state index contributed by atoms with van der Waals surface area (Å²) in [5, 5.41) is 16.2. The number of nitrogens with one attached hydrogen (secondary N) is 1. The molecule has 4 aromatic rings. The molecule has 0 saturated heterocycles. The van der Waals surface area contributed by atoms with Crippen LogP contribution < -0.4 is 5.43 Å². The molecule has 4 rings (SSSR count). The molecule has 0 aliphatic rings. The maximum Gasteiger partial charge on any atom is 0.252 e. The molecule has 0 spiro atoms. The third kappa shape index (κ3) is 4.01. The van der Waals surface area contributed by atoms with Gasteiger partial charge in [-0.15, -0.1) is 0 Å². The lowest BCUT2D eigenvalue weighted by molar-refractivity contribution is -0.121. The molecule has 4 nitrogen and oxygen atoms in total. The van der Waals surface area contributed by atoms with E-state index in [4.69, 9.17) is 0 Å². The molecule has 0 aliphatic carbocycles. The van der Waals surface area contributed by atoms with Gasteiger partial charge in [0, 0.05) is 5.56 Å². The highest BCUT2D eigenvalue weighted by atomic mass is 16.3.